The van der Waals surface area contributed by atoms with Gasteiger partial charge in [-0.1, -0.05) is 56.3 Å². The summed E-state index contributed by atoms with van der Waals surface area (Å²) in [5.74, 6) is 0.364. The predicted octanol–water partition coefficient (Wildman–Crippen LogP) is 4.58. The van der Waals surface area contributed by atoms with Crippen LogP contribution >= 0.6 is 11.3 Å². The van der Waals surface area contributed by atoms with Crippen LogP contribution in [0.25, 0.3) is 20.9 Å². The summed E-state index contributed by atoms with van der Waals surface area (Å²) >= 11 is 1.37. The fourth-order valence-corrected chi connectivity index (χ4v) is 4.50. The molecule has 4 rings (SSSR count). The standard InChI is InChI=1S/C22H20N2O2S/c1-13(2)11-18-21-17(22(26)24(3)23-18)12-19(27-21)20(25)16-10-6-8-14-7-4-5-9-15(14)16/h4-10,12-13H,11H2,1-3H3. The molecule has 136 valence electrons. The van der Waals surface area contributed by atoms with Gasteiger partial charge in [-0.25, -0.2) is 4.68 Å². The van der Waals surface area contributed by atoms with Crippen molar-refractivity contribution in [2.75, 3.05) is 0 Å². The molecule has 4 nitrogen and oxygen atoms in total. The van der Waals surface area contributed by atoms with Crippen molar-refractivity contribution in [2.24, 2.45) is 13.0 Å². The molecule has 0 N–H and O–H groups in total. The third kappa shape index (κ3) is 3.08. The lowest BCUT2D eigenvalue weighted by molar-refractivity contribution is 0.104. The largest absolute Gasteiger partial charge is 0.288 e. The van der Waals surface area contributed by atoms with Gasteiger partial charge in [0.05, 0.1) is 20.7 Å². The number of fused-ring (bicyclic) bond motifs is 2. The maximum absolute atomic E-state index is 13.2. The van der Waals surface area contributed by atoms with E-state index in [-0.39, 0.29) is 11.3 Å². The minimum atomic E-state index is -0.161. The van der Waals surface area contributed by atoms with Gasteiger partial charge in [0.15, 0.2) is 0 Å². The van der Waals surface area contributed by atoms with Crippen LogP contribution in [0.1, 0.15) is 34.8 Å². The normalized spacial score (nSPS) is 11.6. The number of aryl methyl sites for hydroxylation is 1. The van der Waals surface area contributed by atoms with Gasteiger partial charge < -0.3 is 0 Å². The van der Waals surface area contributed by atoms with Crippen LogP contribution in [0.3, 0.4) is 0 Å². The Hall–Kier alpha value is -2.79. The maximum Gasteiger partial charge on any atom is 0.275 e. The molecule has 2 heterocycles. The number of benzene rings is 2. The Bertz CT molecular complexity index is 1230. The van der Waals surface area contributed by atoms with E-state index < -0.39 is 0 Å². The molecule has 0 fully saturated rings. The first-order valence-corrected chi connectivity index (χ1v) is 9.79. The highest BCUT2D eigenvalue weighted by molar-refractivity contribution is 7.21. The molecule has 0 radical (unpaired) electrons. The van der Waals surface area contributed by atoms with E-state index in [1.54, 1.807) is 13.1 Å². The van der Waals surface area contributed by atoms with E-state index >= 15 is 0 Å². The SMILES string of the molecule is CC(C)Cc1nn(C)c(=O)c2cc(C(=O)c3cccc4ccccc34)sc12. The van der Waals surface area contributed by atoms with Crippen molar-refractivity contribution in [2.45, 2.75) is 20.3 Å². The molecule has 2 aromatic carbocycles. The summed E-state index contributed by atoms with van der Waals surface area (Å²) in [6.07, 6.45) is 0.771. The second kappa shape index (κ2) is 6.74. The number of nitrogens with zero attached hydrogens (tertiary/aromatic N) is 2. The third-order valence-electron chi connectivity index (χ3n) is 4.65. The number of thiophene rings is 1. The lowest BCUT2D eigenvalue weighted by Gasteiger charge is -2.06. The van der Waals surface area contributed by atoms with Gasteiger partial charge in [0.1, 0.15) is 0 Å². The highest BCUT2D eigenvalue weighted by Crippen LogP contribution is 2.30. The van der Waals surface area contributed by atoms with Crippen molar-refractivity contribution in [3.05, 3.63) is 75.0 Å². The van der Waals surface area contributed by atoms with Gasteiger partial charge in [-0.3, -0.25) is 9.59 Å². The van der Waals surface area contributed by atoms with Gasteiger partial charge >= 0.3 is 0 Å². The number of hydrogen-bond donors (Lipinski definition) is 0. The smallest absolute Gasteiger partial charge is 0.275 e. The molecule has 27 heavy (non-hydrogen) atoms. The summed E-state index contributed by atoms with van der Waals surface area (Å²) in [5.41, 5.74) is 1.38. The predicted molar refractivity (Wildman–Crippen MR) is 111 cm³/mol. The quantitative estimate of drug-likeness (QED) is 0.490. The van der Waals surface area contributed by atoms with Crippen molar-refractivity contribution < 1.29 is 4.79 Å². The van der Waals surface area contributed by atoms with Crippen molar-refractivity contribution >= 4 is 38.0 Å². The minimum Gasteiger partial charge on any atom is -0.288 e. The highest BCUT2D eigenvalue weighted by atomic mass is 32.1. The molecular formula is C22H20N2O2S. The Labute approximate surface area is 161 Å². The second-order valence-electron chi connectivity index (χ2n) is 7.18. The van der Waals surface area contributed by atoms with E-state index in [9.17, 15) is 9.59 Å². The van der Waals surface area contributed by atoms with Gasteiger partial charge in [0.2, 0.25) is 5.78 Å². The number of aromatic nitrogens is 2. The third-order valence-corrected chi connectivity index (χ3v) is 5.83. The molecule has 0 saturated heterocycles. The number of hydrogen-bond acceptors (Lipinski definition) is 4. The molecule has 0 saturated carbocycles. The summed E-state index contributed by atoms with van der Waals surface area (Å²) < 4.78 is 2.20. The van der Waals surface area contributed by atoms with Gasteiger partial charge in [-0.05, 0) is 29.2 Å². The molecule has 4 aromatic rings. The molecule has 0 bridgehead atoms. The highest BCUT2D eigenvalue weighted by Gasteiger charge is 2.19. The van der Waals surface area contributed by atoms with Crippen molar-refractivity contribution in [3.63, 3.8) is 0 Å². The number of ketones is 1. The molecule has 5 heteroatoms. The Kier molecular flexibility index (Phi) is 4.40. The van der Waals surface area contributed by atoms with E-state index in [0.29, 0.717) is 21.7 Å². The van der Waals surface area contributed by atoms with Crippen molar-refractivity contribution in [1.29, 1.82) is 0 Å². The monoisotopic (exact) mass is 376 g/mol. The Morgan fingerprint density at radius 1 is 1.11 bits per heavy atom. The number of rotatable bonds is 4. The maximum atomic E-state index is 13.2. The lowest BCUT2D eigenvalue weighted by Crippen LogP contribution is -2.21. The average Bonchev–Trinajstić information content (AvgIpc) is 3.10. The van der Waals surface area contributed by atoms with Crippen LogP contribution < -0.4 is 5.56 Å². The Morgan fingerprint density at radius 3 is 2.63 bits per heavy atom. The van der Waals surface area contributed by atoms with Crippen LogP contribution in [0.2, 0.25) is 0 Å². The number of carbonyl (C=O) groups is 1. The second-order valence-corrected chi connectivity index (χ2v) is 8.23. The molecule has 0 aliphatic carbocycles. The summed E-state index contributed by atoms with van der Waals surface area (Å²) in [7, 11) is 1.66. The minimum absolute atomic E-state index is 0.0504. The van der Waals surface area contributed by atoms with E-state index in [1.165, 1.54) is 16.0 Å². The van der Waals surface area contributed by atoms with E-state index in [4.69, 9.17) is 0 Å². The molecule has 0 spiro atoms. The van der Waals surface area contributed by atoms with Crippen molar-refractivity contribution in [1.82, 2.24) is 9.78 Å². The molecule has 0 amide bonds. The number of carbonyl (C=O) groups excluding carboxylic acids is 1. The average molecular weight is 376 g/mol. The van der Waals surface area contributed by atoms with Crippen molar-refractivity contribution in [3.8, 4) is 0 Å². The van der Waals surface area contributed by atoms with Gasteiger partial charge in [-0.2, -0.15) is 5.10 Å². The molecule has 0 atom stereocenters. The Balaban J connectivity index is 1.90. The zero-order valence-electron chi connectivity index (χ0n) is 15.5. The molecule has 0 aliphatic rings. The van der Waals surface area contributed by atoms with Crippen LogP contribution in [-0.2, 0) is 13.5 Å². The zero-order chi connectivity index (χ0) is 19.1. The summed E-state index contributed by atoms with van der Waals surface area (Å²) in [6, 6.07) is 15.3. The lowest BCUT2D eigenvalue weighted by atomic mass is 10.0. The van der Waals surface area contributed by atoms with E-state index in [0.717, 1.165) is 27.6 Å². The van der Waals surface area contributed by atoms with E-state index in [2.05, 4.69) is 18.9 Å². The first-order valence-electron chi connectivity index (χ1n) is 8.98. The molecular weight excluding hydrogens is 356 g/mol. The van der Waals surface area contributed by atoms with E-state index in [1.807, 2.05) is 42.5 Å². The summed E-state index contributed by atoms with van der Waals surface area (Å²) in [5, 5.41) is 6.98. The molecule has 2 aromatic heterocycles. The topological polar surface area (TPSA) is 52.0 Å². The van der Waals surface area contributed by atoms with Crippen LogP contribution in [0, 0.1) is 5.92 Å². The van der Waals surface area contributed by atoms with Gasteiger partial charge in [0, 0.05) is 12.6 Å². The van der Waals surface area contributed by atoms with Gasteiger partial charge in [-0.15, -0.1) is 11.3 Å². The first kappa shape index (κ1) is 17.6. The molecule has 0 aliphatic heterocycles. The van der Waals surface area contributed by atoms with Crippen LogP contribution in [0.15, 0.2) is 53.3 Å². The van der Waals surface area contributed by atoms with Crippen LogP contribution in [0.5, 0.6) is 0 Å². The van der Waals surface area contributed by atoms with Crippen LogP contribution in [-0.4, -0.2) is 15.6 Å². The van der Waals surface area contributed by atoms with Gasteiger partial charge in [0.25, 0.3) is 5.56 Å². The Morgan fingerprint density at radius 2 is 1.85 bits per heavy atom. The first-order chi connectivity index (χ1) is 13.0. The zero-order valence-corrected chi connectivity index (χ0v) is 16.3. The molecule has 0 unspecified atom stereocenters. The summed E-state index contributed by atoms with van der Waals surface area (Å²) in [6.45, 7) is 4.24. The summed E-state index contributed by atoms with van der Waals surface area (Å²) in [4.78, 5) is 26.4. The fraction of sp³-hybridized carbons (Fsp3) is 0.227. The van der Waals surface area contributed by atoms with Crippen LogP contribution in [0.4, 0.5) is 0 Å². The fourth-order valence-electron chi connectivity index (χ4n) is 3.40.